The molecule has 1 aliphatic heterocycles. The van der Waals surface area contributed by atoms with Crippen LogP contribution in [0.25, 0.3) is 5.82 Å². The number of likely N-dealkylation sites (tertiary alicyclic amines) is 1. The molecule has 1 amide bonds. The van der Waals surface area contributed by atoms with E-state index >= 15 is 0 Å². The normalized spacial score (nSPS) is 17.3. The molecule has 26 heavy (non-hydrogen) atoms. The molecule has 1 aliphatic rings. The number of carbonyl (C=O) groups is 1. The van der Waals surface area contributed by atoms with Gasteiger partial charge in [-0.3, -0.25) is 9.69 Å². The van der Waals surface area contributed by atoms with Gasteiger partial charge in [0, 0.05) is 6.54 Å². The van der Waals surface area contributed by atoms with Crippen LogP contribution >= 0.6 is 0 Å². The minimum Gasteiger partial charge on any atom is -0.323 e. The minimum absolute atomic E-state index is 0.0220. The second-order valence-corrected chi connectivity index (χ2v) is 6.35. The van der Waals surface area contributed by atoms with Gasteiger partial charge in [-0.05, 0) is 37.1 Å². The lowest BCUT2D eigenvalue weighted by Gasteiger charge is -2.23. The van der Waals surface area contributed by atoms with E-state index in [-0.39, 0.29) is 11.9 Å². The maximum Gasteiger partial charge on any atom is 0.241 e. The summed E-state index contributed by atoms with van der Waals surface area (Å²) in [6, 6.07) is 13.8. The van der Waals surface area contributed by atoms with Gasteiger partial charge in [0.05, 0.1) is 17.9 Å². The van der Waals surface area contributed by atoms with Crippen molar-refractivity contribution in [1.29, 1.82) is 0 Å². The Hall–Kier alpha value is -3.06. The minimum atomic E-state index is -0.106. The molecular weight excluding hydrogens is 328 g/mol. The number of carbonyl (C=O) groups excluding carboxylic acids is 1. The average Bonchev–Trinajstić information content (AvgIpc) is 3.35. The van der Waals surface area contributed by atoms with Crippen LogP contribution in [0.1, 0.15) is 18.4 Å². The third-order valence-electron chi connectivity index (χ3n) is 4.56. The van der Waals surface area contributed by atoms with Crippen molar-refractivity contribution in [2.24, 2.45) is 0 Å². The fourth-order valence-corrected chi connectivity index (χ4v) is 3.28. The number of anilines is 1. The van der Waals surface area contributed by atoms with E-state index in [0.717, 1.165) is 25.9 Å². The van der Waals surface area contributed by atoms with E-state index < -0.39 is 0 Å². The van der Waals surface area contributed by atoms with Crippen molar-refractivity contribution in [3.63, 3.8) is 0 Å². The topological polar surface area (TPSA) is 75.9 Å². The Balaban J connectivity index is 1.40. The Labute approximate surface area is 151 Å². The Morgan fingerprint density at radius 3 is 2.81 bits per heavy atom. The van der Waals surface area contributed by atoms with Crippen molar-refractivity contribution in [3.05, 3.63) is 66.9 Å². The van der Waals surface area contributed by atoms with Crippen LogP contribution in [0.15, 0.2) is 61.3 Å². The smallest absolute Gasteiger partial charge is 0.241 e. The fourth-order valence-electron chi connectivity index (χ4n) is 3.28. The van der Waals surface area contributed by atoms with Gasteiger partial charge in [-0.25, -0.2) is 14.6 Å². The molecule has 3 heterocycles. The number of hydrogen-bond donors (Lipinski definition) is 1. The zero-order valence-corrected chi connectivity index (χ0v) is 14.3. The molecule has 1 fully saturated rings. The molecule has 0 unspecified atom stereocenters. The van der Waals surface area contributed by atoms with Crippen LogP contribution in [0.4, 0.5) is 5.69 Å². The largest absolute Gasteiger partial charge is 0.323 e. The maximum atomic E-state index is 12.7. The van der Waals surface area contributed by atoms with Crippen molar-refractivity contribution in [3.8, 4) is 5.82 Å². The molecule has 7 nitrogen and oxygen atoms in total. The van der Waals surface area contributed by atoms with Crippen LogP contribution in [-0.4, -0.2) is 43.1 Å². The van der Waals surface area contributed by atoms with Gasteiger partial charge in [0.1, 0.15) is 12.7 Å². The number of aromatic nitrogens is 4. The van der Waals surface area contributed by atoms with Crippen LogP contribution in [0.5, 0.6) is 0 Å². The monoisotopic (exact) mass is 348 g/mol. The molecule has 132 valence electrons. The van der Waals surface area contributed by atoms with Gasteiger partial charge < -0.3 is 5.32 Å². The summed E-state index contributed by atoms with van der Waals surface area (Å²) in [6.45, 7) is 1.74. The molecular formula is C19H20N6O. The van der Waals surface area contributed by atoms with Crippen LogP contribution < -0.4 is 5.32 Å². The van der Waals surface area contributed by atoms with Gasteiger partial charge in [-0.15, -0.1) is 0 Å². The molecule has 0 radical (unpaired) electrons. The highest BCUT2D eigenvalue weighted by Gasteiger charge is 2.30. The lowest BCUT2D eigenvalue weighted by atomic mass is 10.1. The van der Waals surface area contributed by atoms with E-state index in [1.807, 2.05) is 24.3 Å². The van der Waals surface area contributed by atoms with E-state index in [4.69, 9.17) is 0 Å². The Morgan fingerprint density at radius 1 is 1.19 bits per heavy atom. The third kappa shape index (κ3) is 3.62. The van der Waals surface area contributed by atoms with E-state index in [0.29, 0.717) is 11.5 Å². The van der Waals surface area contributed by atoms with Crippen molar-refractivity contribution >= 4 is 11.6 Å². The van der Waals surface area contributed by atoms with Gasteiger partial charge in [-0.2, -0.15) is 5.10 Å². The first-order chi connectivity index (χ1) is 12.8. The quantitative estimate of drug-likeness (QED) is 0.765. The molecule has 0 spiro atoms. The van der Waals surface area contributed by atoms with E-state index in [1.54, 1.807) is 23.3 Å². The highest BCUT2D eigenvalue weighted by molar-refractivity contribution is 5.94. The molecule has 0 saturated carbocycles. The summed E-state index contributed by atoms with van der Waals surface area (Å²) < 4.78 is 1.57. The first-order valence-electron chi connectivity index (χ1n) is 8.69. The molecule has 1 atom stereocenters. The number of amides is 1. The van der Waals surface area contributed by atoms with Crippen LogP contribution in [0.3, 0.4) is 0 Å². The van der Waals surface area contributed by atoms with Crippen molar-refractivity contribution in [1.82, 2.24) is 24.6 Å². The second-order valence-electron chi connectivity index (χ2n) is 6.35. The number of rotatable bonds is 5. The van der Waals surface area contributed by atoms with E-state index in [9.17, 15) is 4.79 Å². The zero-order valence-electron chi connectivity index (χ0n) is 14.3. The molecule has 2 aromatic heterocycles. The summed E-state index contributed by atoms with van der Waals surface area (Å²) in [5.74, 6) is 0.681. The standard InChI is InChI=1S/C19H20N6O/c26-19(17-7-4-10-24(17)12-15-5-2-1-3-6-15)23-16-8-9-18(21-11-16)25-14-20-13-22-25/h1-3,5-6,8-9,11,13-14,17H,4,7,10,12H2,(H,23,26)/t17-/m1/s1. The Morgan fingerprint density at radius 2 is 2.08 bits per heavy atom. The number of benzene rings is 1. The highest BCUT2D eigenvalue weighted by atomic mass is 16.2. The summed E-state index contributed by atoms with van der Waals surface area (Å²) in [5.41, 5.74) is 1.91. The Kier molecular flexibility index (Phi) is 4.70. The van der Waals surface area contributed by atoms with Crippen molar-refractivity contribution in [2.75, 3.05) is 11.9 Å². The lowest BCUT2D eigenvalue weighted by molar-refractivity contribution is -0.120. The molecule has 1 N–H and O–H groups in total. The van der Waals surface area contributed by atoms with E-state index in [1.165, 1.54) is 11.9 Å². The molecule has 1 aromatic carbocycles. The first-order valence-corrected chi connectivity index (χ1v) is 8.69. The summed E-state index contributed by atoms with van der Waals surface area (Å²) in [7, 11) is 0. The third-order valence-corrected chi connectivity index (χ3v) is 4.56. The number of nitrogens with zero attached hydrogens (tertiary/aromatic N) is 5. The second kappa shape index (κ2) is 7.45. The lowest BCUT2D eigenvalue weighted by Crippen LogP contribution is -2.39. The maximum absolute atomic E-state index is 12.7. The van der Waals surface area contributed by atoms with Gasteiger partial charge in [0.25, 0.3) is 0 Å². The Bertz CT molecular complexity index is 848. The summed E-state index contributed by atoms with van der Waals surface area (Å²) in [5, 5.41) is 7.02. The van der Waals surface area contributed by atoms with Crippen LogP contribution in [0.2, 0.25) is 0 Å². The molecule has 4 rings (SSSR count). The number of hydrogen-bond acceptors (Lipinski definition) is 5. The number of nitrogens with one attached hydrogen (secondary N) is 1. The predicted molar refractivity (Wildman–Crippen MR) is 97.7 cm³/mol. The summed E-state index contributed by atoms with van der Waals surface area (Å²) in [4.78, 5) is 23.2. The molecule has 0 aliphatic carbocycles. The van der Waals surface area contributed by atoms with Gasteiger partial charge >= 0.3 is 0 Å². The van der Waals surface area contributed by atoms with Gasteiger partial charge in [0.15, 0.2) is 5.82 Å². The molecule has 0 bridgehead atoms. The van der Waals surface area contributed by atoms with Gasteiger partial charge in [-0.1, -0.05) is 30.3 Å². The van der Waals surface area contributed by atoms with Crippen molar-refractivity contribution in [2.45, 2.75) is 25.4 Å². The predicted octanol–water partition coefficient (Wildman–Crippen LogP) is 2.27. The van der Waals surface area contributed by atoms with Crippen LogP contribution in [0, 0.1) is 0 Å². The van der Waals surface area contributed by atoms with Crippen LogP contribution in [-0.2, 0) is 11.3 Å². The zero-order chi connectivity index (χ0) is 17.8. The number of pyridine rings is 1. The van der Waals surface area contributed by atoms with Gasteiger partial charge in [0.2, 0.25) is 5.91 Å². The summed E-state index contributed by atoms with van der Waals surface area (Å²) in [6.07, 6.45) is 6.60. The molecule has 7 heteroatoms. The highest BCUT2D eigenvalue weighted by Crippen LogP contribution is 2.21. The summed E-state index contributed by atoms with van der Waals surface area (Å²) >= 11 is 0. The first kappa shape index (κ1) is 16.4. The fraction of sp³-hybridized carbons (Fsp3) is 0.263. The van der Waals surface area contributed by atoms with Crippen molar-refractivity contribution < 1.29 is 4.79 Å². The SMILES string of the molecule is O=C(Nc1ccc(-n2cncn2)nc1)[C@H]1CCCN1Cc1ccccc1. The molecule has 1 saturated heterocycles. The molecule has 3 aromatic rings. The average molecular weight is 348 g/mol. The van der Waals surface area contributed by atoms with E-state index in [2.05, 4.69) is 37.4 Å².